The number of benzene rings is 1. The van der Waals surface area contributed by atoms with Crippen molar-refractivity contribution in [2.24, 2.45) is 7.05 Å². The molecule has 1 heterocycles. The van der Waals surface area contributed by atoms with E-state index >= 15 is 0 Å². The van der Waals surface area contributed by atoms with Crippen LogP contribution in [0.15, 0.2) is 40.2 Å². The van der Waals surface area contributed by atoms with Gasteiger partial charge in [-0.1, -0.05) is 11.6 Å². The summed E-state index contributed by atoms with van der Waals surface area (Å²) in [4.78, 5) is 13.4. The number of aromatic nitrogens is 2. The highest BCUT2D eigenvalue weighted by Crippen LogP contribution is 2.29. The zero-order valence-corrected chi connectivity index (χ0v) is 14.4. The van der Waals surface area contributed by atoms with E-state index in [1.807, 2.05) is 0 Å². The Labute approximate surface area is 145 Å². The van der Waals surface area contributed by atoms with E-state index in [0.717, 1.165) is 21.8 Å². The Morgan fingerprint density at radius 3 is 2.32 bits per heavy atom. The summed E-state index contributed by atoms with van der Waals surface area (Å²) < 4.78 is 63.1. The molecule has 0 spiro atoms. The molecule has 12 heteroatoms. The van der Waals surface area contributed by atoms with Gasteiger partial charge in [-0.25, -0.2) is 13.1 Å². The minimum atomic E-state index is -4.57. The van der Waals surface area contributed by atoms with Gasteiger partial charge in [0, 0.05) is 14.1 Å². The number of nitrogens with one attached hydrogen (secondary N) is 1. The number of hydrazine groups is 1. The van der Waals surface area contributed by atoms with Crippen molar-refractivity contribution in [1.29, 1.82) is 0 Å². The molecule has 2 rings (SSSR count). The molecule has 0 aliphatic heterocycles. The summed E-state index contributed by atoms with van der Waals surface area (Å²) in [5, 5.41) is 4.39. The summed E-state index contributed by atoms with van der Waals surface area (Å²) in [5.74, 6) is 0. The lowest BCUT2D eigenvalue weighted by molar-refractivity contribution is -0.137. The van der Waals surface area contributed by atoms with Crippen molar-refractivity contribution in [3.05, 3.63) is 51.4 Å². The van der Waals surface area contributed by atoms with Crippen molar-refractivity contribution in [3.8, 4) is 0 Å². The maximum atomic E-state index is 12.5. The molecular weight excluding hydrogens is 385 g/mol. The van der Waals surface area contributed by atoms with E-state index in [1.165, 1.54) is 20.3 Å². The molecule has 7 nitrogen and oxygen atoms in total. The van der Waals surface area contributed by atoms with E-state index in [1.54, 1.807) is 0 Å². The van der Waals surface area contributed by atoms with E-state index in [4.69, 9.17) is 11.6 Å². The van der Waals surface area contributed by atoms with Gasteiger partial charge in [0.05, 0.1) is 22.3 Å². The number of hydrogen-bond acceptors (Lipinski definition) is 5. The predicted octanol–water partition coefficient (Wildman–Crippen LogP) is 1.78. The van der Waals surface area contributed by atoms with Gasteiger partial charge in [0.2, 0.25) is 0 Å². The second-order valence-electron chi connectivity index (χ2n) is 4.95. The Bertz CT molecular complexity index is 942. The van der Waals surface area contributed by atoms with Crippen LogP contribution in [-0.2, 0) is 23.2 Å². The number of anilines is 1. The number of halogens is 4. The van der Waals surface area contributed by atoms with Crippen molar-refractivity contribution in [3.63, 3.8) is 0 Å². The van der Waals surface area contributed by atoms with E-state index in [2.05, 4.69) is 9.93 Å². The maximum absolute atomic E-state index is 12.5. The SMILES string of the molecule is CN(NS(=O)(=O)c1ccc(C(F)(F)F)cc1)c1cnn(C)c(=O)c1Cl. The fourth-order valence-corrected chi connectivity index (χ4v) is 3.20. The summed E-state index contributed by atoms with van der Waals surface area (Å²) in [5.41, 5.74) is -1.63. The Morgan fingerprint density at radius 2 is 1.80 bits per heavy atom. The first-order chi connectivity index (χ1) is 11.4. The highest BCUT2D eigenvalue weighted by Gasteiger charge is 2.30. The zero-order valence-electron chi connectivity index (χ0n) is 12.9. The molecule has 1 N–H and O–H groups in total. The number of sulfonamides is 1. The van der Waals surface area contributed by atoms with Gasteiger partial charge in [-0.15, -0.1) is 4.83 Å². The molecule has 136 valence electrons. The first-order valence-electron chi connectivity index (χ1n) is 6.59. The number of aryl methyl sites for hydroxylation is 1. The molecule has 1 aromatic heterocycles. The molecule has 0 aliphatic carbocycles. The standard InChI is InChI=1S/C13H12ClF3N4O3S/c1-20(10-7-18-21(2)12(22)11(10)14)19-25(23,24)9-5-3-8(4-6-9)13(15,16)17/h3-7,19H,1-2H3. The first kappa shape index (κ1) is 19.2. The molecule has 0 saturated heterocycles. The van der Waals surface area contributed by atoms with E-state index in [9.17, 15) is 26.4 Å². The van der Waals surface area contributed by atoms with E-state index in [0.29, 0.717) is 12.1 Å². The van der Waals surface area contributed by atoms with Crippen LogP contribution in [0.2, 0.25) is 5.02 Å². The molecule has 0 aliphatic rings. The van der Waals surface area contributed by atoms with E-state index in [-0.39, 0.29) is 15.6 Å². The second kappa shape index (κ2) is 6.65. The quantitative estimate of drug-likeness (QED) is 0.796. The van der Waals surface area contributed by atoms with Crippen LogP contribution in [0.5, 0.6) is 0 Å². The largest absolute Gasteiger partial charge is 0.416 e. The van der Waals surface area contributed by atoms with Crippen LogP contribution in [0.3, 0.4) is 0 Å². The monoisotopic (exact) mass is 396 g/mol. The van der Waals surface area contributed by atoms with Crippen molar-refractivity contribution < 1.29 is 21.6 Å². The van der Waals surface area contributed by atoms with Crippen LogP contribution in [0.1, 0.15) is 5.56 Å². The van der Waals surface area contributed by atoms with Crippen LogP contribution < -0.4 is 15.4 Å². The Balaban J connectivity index is 2.29. The fourth-order valence-electron chi connectivity index (χ4n) is 1.84. The molecule has 2 aromatic rings. The van der Waals surface area contributed by atoms with Gasteiger partial charge in [-0.3, -0.25) is 9.80 Å². The third-order valence-electron chi connectivity index (χ3n) is 3.17. The average Bonchev–Trinajstić information content (AvgIpc) is 2.51. The fraction of sp³-hybridized carbons (Fsp3) is 0.231. The van der Waals surface area contributed by atoms with Gasteiger partial charge in [0.1, 0.15) is 5.02 Å². The highest BCUT2D eigenvalue weighted by atomic mass is 35.5. The molecule has 25 heavy (non-hydrogen) atoms. The van der Waals surface area contributed by atoms with Crippen molar-refractivity contribution >= 4 is 27.3 Å². The van der Waals surface area contributed by atoms with Gasteiger partial charge in [0.15, 0.2) is 0 Å². The molecule has 0 unspecified atom stereocenters. The third-order valence-corrected chi connectivity index (χ3v) is 4.93. The lowest BCUT2D eigenvalue weighted by atomic mass is 10.2. The molecule has 0 radical (unpaired) electrons. The summed E-state index contributed by atoms with van der Waals surface area (Å²) in [6, 6.07) is 2.95. The molecular formula is C13H12ClF3N4O3S. The summed E-state index contributed by atoms with van der Waals surface area (Å²) in [6.45, 7) is 0. The lowest BCUT2D eigenvalue weighted by Gasteiger charge is -2.21. The molecule has 0 amide bonds. The van der Waals surface area contributed by atoms with Crippen molar-refractivity contribution in [2.45, 2.75) is 11.1 Å². The zero-order chi connectivity index (χ0) is 19.0. The Kier molecular flexibility index (Phi) is 5.11. The van der Waals surface area contributed by atoms with E-state index < -0.39 is 27.3 Å². The average molecular weight is 397 g/mol. The van der Waals surface area contributed by atoms with Gasteiger partial charge in [-0.05, 0) is 24.3 Å². The van der Waals surface area contributed by atoms with Gasteiger partial charge < -0.3 is 0 Å². The van der Waals surface area contributed by atoms with Gasteiger partial charge >= 0.3 is 6.18 Å². The van der Waals surface area contributed by atoms with Gasteiger partial charge in [0.25, 0.3) is 15.6 Å². The van der Waals surface area contributed by atoms with Crippen LogP contribution in [0, 0.1) is 0 Å². The van der Waals surface area contributed by atoms with Crippen LogP contribution in [-0.4, -0.2) is 25.2 Å². The van der Waals surface area contributed by atoms with Crippen molar-refractivity contribution in [2.75, 3.05) is 12.1 Å². The molecule has 0 bridgehead atoms. The Morgan fingerprint density at radius 1 is 1.24 bits per heavy atom. The smallest absolute Gasteiger partial charge is 0.294 e. The first-order valence-corrected chi connectivity index (χ1v) is 8.45. The number of nitrogens with zero attached hydrogens (tertiary/aromatic N) is 3. The summed E-state index contributed by atoms with van der Waals surface area (Å²) in [7, 11) is -1.56. The molecule has 0 atom stereocenters. The van der Waals surface area contributed by atoms with Gasteiger partial charge in [-0.2, -0.15) is 18.3 Å². The summed E-state index contributed by atoms with van der Waals surface area (Å²) in [6.07, 6.45) is -3.41. The van der Waals surface area contributed by atoms with Crippen LogP contribution in [0.4, 0.5) is 18.9 Å². The number of alkyl halides is 3. The Hall–Kier alpha value is -2.11. The maximum Gasteiger partial charge on any atom is 0.416 e. The molecule has 0 saturated carbocycles. The second-order valence-corrected chi connectivity index (χ2v) is 6.99. The van der Waals surface area contributed by atoms with Crippen LogP contribution >= 0.6 is 11.6 Å². The van der Waals surface area contributed by atoms with Crippen molar-refractivity contribution in [1.82, 2.24) is 14.6 Å². The molecule has 0 fully saturated rings. The van der Waals surface area contributed by atoms with Crippen LogP contribution in [0.25, 0.3) is 0 Å². The predicted molar refractivity (Wildman–Crippen MR) is 84.7 cm³/mol. The number of rotatable bonds is 4. The minimum Gasteiger partial charge on any atom is -0.294 e. The topological polar surface area (TPSA) is 84.3 Å². The number of hydrogen-bond donors (Lipinski definition) is 1. The summed E-state index contributed by atoms with van der Waals surface area (Å²) >= 11 is 5.86. The normalized spacial score (nSPS) is 12.2. The minimum absolute atomic E-state index is 0.0137. The lowest BCUT2D eigenvalue weighted by Crippen LogP contribution is -2.40. The third kappa shape index (κ3) is 4.11. The molecule has 1 aromatic carbocycles. The highest BCUT2D eigenvalue weighted by molar-refractivity contribution is 7.89.